The largest absolute Gasteiger partial charge is 0.481 e. The van der Waals surface area contributed by atoms with E-state index in [1.165, 1.54) is 19.9 Å². The first-order valence-corrected chi connectivity index (χ1v) is 6.02. The molecule has 0 saturated carbocycles. The van der Waals surface area contributed by atoms with E-state index in [4.69, 9.17) is 0 Å². The van der Waals surface area contributed by atoms with Crippen LogP contribution in [0.25, 0.3) is 0 Å². The lowest BCUT2D eigenvalue weighted by Gasteiger charge is -2.58. The number of carboxylic acid groups (broad SMARTS) is 2. The molecule has 0 bridgehead atoms. The van der Waals surface area contributed by atoms with Gasteiger partial charge in [-0.05, 0) is 24.7 Å². The average molecular weight is 254 g/mol. The third-order valence-corrected chi connectivity index (χ3v) is 5.60. The predicted octanol–water partition coefficient (Wildman–Crippen LogP) is 2.79. The van der Waals surface area contributed by atoms with E-state index in [2.05, 4.69) is 0 Å². The Morgan fingerprint density at radius 3 is 1.61 bits per heavy atom. The van der Waals surface area contributed by atoms with E-state index in [1.54, 1.807) is 0 Å². The Morgan fingerprint density at radius 2 is 1.28 bits per heavy atom. The zero-order chi connectivity index (χ0) is 14.6. The number of hydrogen-bond donors (Lipinski definition) is 2. The van der Waals surface area contributed by atoms with Crippen molar-refractivity contribution in [1.82, 2.24) is 0 Å². The molecule has 1 rings (SSSR count). The third-order valence-electron chi connectivity index (χ3n) is 5.60. The van der Waals surface area contributed by atoms with E-state index in [9.17, 15) is 19.8 Å². The van der Waals surface area contributed by atoms with Gasteiger partial charge in [0.05, 0.1) is 10.8 Å². The normalized spacial score (nSPS) is 37.2. The smallest absolute Gasteiger partial charge is 0.314 e. The van der Waals surface area contributed by atoms with E-state index in [-0.39, 0.29) is 0 Å². The Balaban J connectivity index is 3.70. The second-order valence-corrected chi connectivity index (χ2v) is 6.62. The van der Waals surface area contributed by atoms with Crippen molar-refractivity contribution in [2.75, 3.05) is 0 Å². The summed E-state index contributed by atoms with van der Waals surface area (Å²) in [6.45, 7) is 10.5. The molecular formula is C14H22O4. The lowest BCUT2D eigenvalue weighted by Crippen LogP contribution is -2.62. The molecule has 0 aromatic heterocycles. The molecule has 2 unspecified atom stereocenters. The fourth-order valence-electron chi connectivity index (χ4n) is 2.82. The number of rotatable bonds is 2. The highest BCUT2D eigenvalue weighted by atomic mass is 16.4. The lowest BCUT2D eigenvalue weighted by atomic mass is 9.43. The molecule has 1 aliphatic rings. The van der Waals surface area contributed by atoms with Crippen molar-refractivity contribution in [2.45, 2.75) is 41.5 Å². The molecule has 0 heterocycles. The Labute approximate surface area is 108 Å². The van der Waals surface area contributed by atoms with Crippen LogP contribution in [0.1, 0.15) is 41.5 Å². The van der Waals surface area contributed by atoms with Crippen LogP contribution in [0.5, 0.6) is 0 Å². The molecule has 102 valence electrons. The Morgan fingerprint density at radius 1 is 0.833 bits per heavy atom. The Hall–Kier alpha value is -1.32. The van der Waals surface area contributed by atoms with Gasteiger partial charge < -0.3 is 10.2 Å². The summed E-state index contributed by atoms with van der Waals surface area (Å²) in [6.07, 6.45) is 3.36. The molecule has 0 spiro atoms. The van der Waals surface area contributed by atoms with Crippen LogP contribution in [0, 0.1) is 21.7 Å². The Kier molecular flexibility index (Phi) is 2.94. The highest BCUT2D eigenvalue weighted by Gasteiger charge is 2.67. The van der Waals surface area contributed by atoms with Crippen molar-refractivity contribution in [1.29, 1.82) is 0 Å². The van der Waals surface area contributed by atoms with Gasteiger partial charge in [-0.1, -0.05) is 39.8 Å². The standard InChI is InChI=1S/C14H22O4/c1-11(2)7-8-13(5,9(15)16)14(6,10(17)18)12(11,3)4/h7-8H,1-6H3,(H,15,16)(H,17,18). The van der Waals surface area contributed by atoms with Gasteiger partial charge in [0, 0.05) is 0 Å². The highest BCUT2D eigenvalue weighted by Crippen LogP contribution is 2.63. The first-order valence-electron chi connectivity index (χ1n) is 6.02. The maximum atomic E-state index is 11.8. The maximum absolute atomic E-state index is 11.8. The van der Waals surface area contributed by atoms with Crippen LogP contribution in [-0.4, -0.2) is 22.2 Å². The number of hydrogen-bond acceptors (Lipinski definition) is 2. The fraction of sp³-hybridized carbons (Fsp3) is 0.714. The second kappa shape index (κ2) is 3.59. The molecule has 0 aromatic carbocycles. The molecule has 2 N–H and O–H groups in total. The average Bonchev–Trinajstić information content (AvgIpc) is 2.21. The zero-order valence-corrected chi connectivity index (χ0v) is 11.9. The first-order chi connectivity index (χ1) is 7.84. The molecule has 0 aliphatic heterocycles. The van der Waals surface area contributed by atoms with E-state index in [0.29, 0.717) is 0 Å². The van der Waals surface area contributed by atoms with Gasteiger partial charge >= 0.3 is 11.9 Å². The van der Waals surface area contributed by atoms with Gasteiger partial charge in [0.2, 0.25) is 0 Å². The number of allylic oxidation sites excluding steroid dienone is 1. The minimum Gasteiger partial charge on any atom is -0.481 e. The molecular weight excluding hydrogens is 232 g/mol. The summed E-state index contributed by atoms with van der Waals surface area (Å²) in [4.78, 5) is 23.4. The van der Waals surface area contributed by atoms with E-state index in [1.807, 2.05) is 33.8 Å². The highest BCUT2D eigenvalue weighted by molar-refractivity contribution is 5.89. The van der Waals surface area contributed by atoms with Crippen molar-refractivity contribution in [3.8, 4) is 0 Å². The van der Waals surface area contributed by atoms with Gasteiger partial charge in [-0.15, -0.1) is 0 Å². The van der Waals surface area contributed by atoms with Gasteiger partial charge in [-0.3, -0.25) is 9.59 Å². The van der Waals surface area contributed by atoms with E-state index < -0.39 is 33.6 Å². The third kappa shape index (κ3) is 1.38. The molecule has 18 heavy (non-hydrogen) atoms. The summed E-state index contributed by atoms with van der Waals surface area (Å²) >= 11 is 0. The molecule has 0 saturated heterocycles. The van der Waals surface area contributed by atoms with Gasteiger partial charge in [-0.2, -0.15) is 0 Å². The van der Waals surface area contributed by atoms with Crippen molar-refractivity contribution >= 4 is 11.9 Å². The van der Waals surface area contributed by atoms with E-state index in [0.717, 1.165) is 0 Å². The fourth-order valence-corrected chi connectivity index (χ4v) is 2.82. The van der Waals surface area contributed by atoms with Crippen molar-refractivity contribution < 1.29 is 19.8 Å². The maximum Gasteiger partial charge on any atom is 0.314 e. The summed E-state index contributed by atoms with van der Waals surface area (Å²) in [5, 5.41) is 19.1. The second-order valence-electron chi connectivity index (χ2n) is 6.62. The quantitative estimate of drug-likeness (QED) is 0.743. The first kappa shape index (κ1) is 14.7. The van der Waals surface area contributed by atoms with Gasteiger partial charge in [0.25, 0.3) is 0 Å². The summed E-state index contributed by atoms with van der Waals surface area (Å²) in [5.41, 5.74) is -3.90. The zero-order valence-electron chi connectivity index (χ0n) is 11.9. The summed E-state index contributed by atoms with van der Waals surface area (Å²) < 4.78 is 0. The molecule has 0 radical (unpaired) electrons. The van der Waals surface area contributed by atoms with Crippen LogP contribution in [-0.2, 0) is 9.59 Å². The molecule has 2 atom stereocenters. The Bertz CT molecular complexity index is 433. The molecule has 0 amide bonds. The molecule has 1 aliphatic carbocycles. The van der Waals surface area contributed by atoms with Crippen LogP contribution in [0.4, 0.5) is 0 Å². The minimum atomic E-state index is -1.42. The van der Waals surface area contributed by atoms with E-state index >= 15 is 0 Å². The van der Waals surface area contributed by atoms with Crippen molar-refractivity contribution in [3.05, 3.63) is 12.2 Å². The van der Waals surface area contributed by atoms with Crippen LogP contribution < -0.4 is 0 Å². The monoisotopic (exact) mass is 254 g/mol. The molecule has 0 fully saturated rings. The number of carboxylic acids is 2. The van der Waals surface area contributed by atoms with Crippen molar-refractivity contribution in [2.24, 2.45) is 21.7 Å². The number of aliphatic carboxylic acids is 2. The molecule has 0 aromatic rings. The molecule has 4 nitrogen and oxygen atoms in total. The SMILES string of the molecule is CC1(C)C=CC(C)(C(=O)O)C(C)(C(=O)O)C1(C)C. The predicted molar refractivity (Wildman–Crippen MR) is 68.2 cm³/mol. The summed E-state index contributed by atoms with van der Waals surface area (Å²) in [5.74, 6) is -2.18. The summed E-state index contributed by atoms with van der Waals surface area (Å²) in [6, 6.07) is 0. The summed E-state index contributed by atoms with van der Waals surface area (Å²) in [7, 11) is 0. The van der Waals surface area contributed by atoms with Crippen molar-refractivity contribution in [3.63, 3.8) is 0 Å². The van der Waals surface area contributed by atoms with Gasteiger partial charge in [0.1, 0.15) is 0 Å². The van der Waals surface area contributed by atoms with Crippen LogP contribution in [0.15, 0.2) is 12.2 Å². The minimum absolute atomic E-state index is 0.394. The number of carbonyl (C=O) groups is 2. The molecule has 4 heteroatoms. The van der Waals surface area contributed by atoms with Crippen LogP contribution in [0.3, 0.4) is 0 Å². The van der Waals surface area contributed by atoms with Gasteiger partial charge in [-0.25, -0.2) is 0 Å². The van der Waals surface area contributed by atoms with Gasteiger partial charge in [0.15, 0.2) is 0 Å². The lowest BCUT2D eigenvalue weighted by molar-refractivity contribution is -0.187. The topological polar surface area (TPSA) is 74.6 Å². The van der Waals surface area contributed by atoms with Crippen LogP contribution in [0.2, 0.25) is 0 Å². The van der Waals surface area contributed by atoms with Crippen LogP contribution >= 0.6 is 0 Å².